The van der Waals surface area contributed by atoms with E-state index in [1.807, 2.05) is 0 Å². The number of nitrogens with zero attached hydrogens (tertiary/aromatic N) is 1. The van der Waals surface area contributed by atoms with Crippen LogP contribution in [0.4, 0.5) is 0 Å². The molecule has 1 saturated heterocycles. The number of carbonyl (C=O) groups excluding carboxylic acids is 1. The summed E-state index contributed by atoms with van der Waals surface area (Å²) in [7, 11) is 0. The highest BCUT2D eigenvalue weighted by Crippen LogP contribution is 2.28. The lowest BCUT2D eigenvalue weighted by molar-refractivity contribution is -0.137. The van der Waals surface area contributed by atoms with Crippen LogP contribution in [0.25, 0.3) is 0 Å². The third-order valence-corrected chi connectivity index (χ3v) is 3.19. The second kappa shape index (κ2) is 3.66. The first-order chi connectivity index (χ1) is 6.29. The Morgan fingerprint density at radius 1 is 1.15 bits per heavy atom. The smallest absolute Gasteiger partial charge is 0.225 e. The molecule has 0 radical (unpaired) electrons. The number of hydrogen-bond donors (Lipinski definition) is 1. The molecule has 1 saturated carbocycles. The second-order valence-electron chi connectivity index (χ2n) is 4.11. The van der Waals surface area contributed by atoms with E-state index in [0.29, 0.717) is 18.9 Å². The normalized spacial score (nSPS) is 31.3. The molecule has 0 spiro atoms. The number of rotatable bonds is 1. The van der Waals surface area contributed by atoms with E-state index in [0.717, 1.165) is 12.8 Å². The van der Waals surface area contributed by atoms with Crippen molar-refractivity contribution in [3.8, 4) is 0 Å². The summed E-state index contributed by atoms with van der Waals surface area (Å²) in [5.41, 5.74) is 0. The van der Waals surface area contributed by atoms with Crippen LogP contribution in [0.3, 0.4) is 0 Å². The van der Waals surface area contributed by atoms with Gasteiger partial charge < -0.3 is 10.0 Å². The minimum absolute atomic E-state index is 0.152. The molecule has 3 nitrogen and oxygen atoms in total. The van der Waals surface area contributed by atoms with Gasteiger partial charge in [-0.2, -0.15) is 0 Å². The van der Waals surface area contributed by atoms with E-state index in [2.05, 4.69) is 0 Å². The molecular weight excluding hydrogens is 166 g/mol. The topological polar surface area (TPSA) is 40.5 Å². The summed E-state index contributed by atoms with van der Waals surface area (Å²) >= 11 is 0. The molecule has 3 heteroatoms. The van der Waals surface area contributed by atoms with Crippen molar-refractivity contribution in [2.45, 2.75) is 57.2 Å². The zero-order valence-electron chi connectivity index (χ0n) is 7.91. The Kier molecular flexibility index (Phi) is 2.54. The van der Waals surface area contributed by atoms with Gasteiger partial charge in [0.1, 0.15) is 6.23 Å². The van der Waals surface area contributed by atoms with E-state index in [1.54, 1.807) is 4.90 Å². The molecule has 0 aromatic rings. The zero-order valence-corrected chi connectivity index (χ0v) is 7.91. The Bertz CT molecular complexity index is 199. The molecule has 1 aliphatic heterocycles. The number of amides is 1. The number of carbonyl (C=O) groups is 1. The van der Waals surface area contributed by atoms with Crippen LogP contribution in [0.1, 0.15) is 44.9 Å². The monoisotopic (exact) mass is 183 g/mol. The third kappa shape index (κ3) is 1.70. The first-order valence-corrected chi connectivity index (χ1v) is 5.28. The molecule has 1 N–H and O–H groups in total. The van der Waals surface area contributed by atoms with Gasteiger partial charge in [0.05, 0.1) is 0 Å². The molecule has 0 bridgehead atoms. The summed E-state index contributed by atoms with van der Waals surface area (Å²) in [6.45, 7) is 0. The van der Waals surface area contributed by atoms with Gasteiger partial charge in [-0.05, 0) is 12.8 Å². The maximum atomic E-state index is 11.4. The quantitative estimate of drug-likeness (QED) is 0.665. The SMILES string of the molecule is O=C1CCC(O)N1C1CCCCC1. The lowest BCUT2D eigenvalue weighted by Gasteiger charge is -2.33. The highest BCUT2D eigenvalue weighted by Gasteiger charge is 2.35. The Balaban J connectivity index is 2.00. The van der Waals surface area contributed by atoms with Crippen molar-refractivity contribution >= 4 is 5.91 Å². The summed E-state index contributed by atoms with van der Waals surface area (Å²) in [5, 5.41) is 9.62. The molecule has 2 fully saturated rings. The average Bonchev–Trinajstić information content (AvgIpc) is 2.48. The molecule has 74 valence electrons. The Morgan fingerprint density at radius 3 is 2.38 bits per heavy atom. The average molecular weight is 183 g/mol. The molecule has 1 amide bonds. The second-order valence-corrected chi connectivity index (χ2v) is 4.11. The van der Waals surface area contributed by atoms with E-state index >= 15 is 0 Å². The Hall–Kier alpha value is -0.570. The largest absolute Gasteiger partial charge is 0.374 e. The van der Waals surface area contributed by atoms with E-state index < -0.39 is 6.23 Å². The van der Waals surface area contributed by atoms with E-state index in [4.69, 9.17) is 0 Å². The lowest BCUT2D eigenvalue weighted by Crippen LogP contribution is -2.42. The highest BCUT2D eigenvalue weighted by molar-refractivity contribution is 5.78. The number of likely N-dealkylation sites (tertiary alicyclic amines) is 1. The summed E-state index contributed by atoms with van der Waals surface area (Å²) in [4.78, 5) is 13.2. The van der Waals surface area contributed by atoms with Crippen LogP contribution in [-0.4, -0.2) is 28.2 Å². The first kappa shape index (κ1) is 9.00. The number of aliphatic hydroxyl groups is 1. The van der Waals surface area contributed by atoms with Crippen molar-refractivity contribution in [1.29, 1.82) is 0 Å². The van der Waals surface area contributed by atoms with Gasteiger partial charge in [0, 0.05) is 18.9 Å². The van der Waals surface area contributed by atoms with Crippen LogP contribution in [0.2, 0.25) is 0 Å². The Labute approximate surface area is 78.7 Å². The van der Waals surface area contributed by atoms with Crippen molar-refractivity contribution in [1.82, 2.24) is 4.90 Å². The predicted molar refractivity (Wildman–Crippen MR) is 49.0 cm³/mol. The van der Waals surface area contributed by atoms with Gasteiger partial charge in [0.15, 0.2) is 0 Å². The van der Waals surface area contributed by atoms with Crippen LogP contribution in [0, 0.1) is 0 Å². The molecule has 1 heterocycles. The molecule has 2 aliphatic rings. The summed E-state index contributed by atoms with van der Waals surface area (Å²) < 4.78 is 0. The van der Waals surface area contributed by atoms with Crippen molar-refractivity contribution in [3.05, 3.63) is 0 Å². The number of aliphatic hydroxyl groups excluding tert-OH is 1. The van der Waals surface area contributed by atoms with Crippen LogP contribution in [0.5, 0.6) is 0 Å². The van der Waals surface area contributed by atoms with Gasteiger partial charge >= 0.3 is 0 Å². The molecule has 1 atom stereocenters. The molecular formula is C10H17NO2. The summed E-state index contributed by atoms with van der Waals surface area (Å²) in [6, 6.07) is 0.332. The van der Waals surface area contributed by atoms with Crippen LogP contribution >= 0.6 is 0 Å². The van der Waals surface area contributed by atoms with Gasteiger partial charge in [-0.1, -0.05) is 19.3 Å². The first-order valence-electron chi connectivity index (χ1n) is 5.28. The fourth-order valence-corrected chi connectivity index (χ4v) is 2.49. The predicted octanol–water partition coefficient (Wildman–Crippen LogP) is 1.26. The molecule has 0 aromatic heterocycles. The van der Waals surface area contributed by atoms with Crippen molar-refractivity contribution in [2.75, 3.05) is 0 Å². The van der Waals surface area contributed by atoms with E-state index in [-0.39, 0.29) is 5.91 Å². The molecule has 1 aliphatic carbocycles. The van der Waals surface area contributed by atoms with Gasteiger partial charge in [-0.25, -0.2) is 0 Å². The van der Waals surface area contributed by atoms with Crippen LogP contribution < -0.4 is 0 Å². The van der Waals surface area contributed by atoms with Gasteiger partial charge in [0.25, 0.3) is 0 Å². The van der Waals surface area contributed by atoms with Crippen LogP contribution in [-0.2, 0) is 4.79 Å². The fourth-order valence-electron chi connectivity index (χ4n) is 2.49. The van der Waals surface area contributed by atoms with Gasteiger partial charge in [-0.3, -0.25) is 4.79 Å². The highest BCUT2D eigenvalue weighted by atomic mass is 16.3. The van der Waals surface area contributed by atoms with E-state index in [9.17, 15) is 9.90 Å². The minimum atomic E-state index is -0.490. The van der Waals surface area contributed by atoms with Crippen molar-refractivity contribution in [3.63, 3.8) is 0 Å². The maximum Gasteiger partial charge on any atom is 0.225 e. The summed E-state index contributed by atoms with van der Waals surface area (Å²) in [5.74, 6) is 0.152. The molecule has 2 rings (SSSR count). The summed E-state index contributed by atoms with van der Waals surface area (Å²) in [6.07, 6.45) is 6.56. The van der Waals surface area contributed by atoms with Crippen molar-refractivity contribution in [2.24, 2.45) is 0 Å². The molecule has 0 aromatic carbocycles. The number of hydrogen-bond acceptors (Lipinski definition) is 2. The lowest BCUT2D eigenvalue weighted by atomic mass is 9.94. The zero-order chi connectivity index (χ0) is 9.26. The Morgan fingerprint density at radius 2 is 1.85 bits per heavy atom. The molecule has 13 heavy (non-hydrogen) atoms. The third-order valence-electron chi connectivity index (χ3n) is 3.19. The fraction of sp³-hybridized carbons (Fsp3) is 0.900. The van der Waals surface area contributed by atoms with Crippen molar-refractivity contribution < 1.29 is 9.90 Å². The van der Waals surface area contributed by atoms with Gasteiger partial charge in [0.2, 0.25) is 5.91 Å². The van der Waals surface area contributed by atoms with Gasteiger partial charge in [-0.15, -0.1) is 0 Å². The minimum Gasteiger partial charge on any atom is -0.374 e. The molecule has 1 unspecified atom stereocenters. The van der Waals surface area contributed by atoms with Crippen LogP contribution in [0.15, 0.2) is 0 Å². The standard InChI is InChI=1S/C10H17NO2/c12-9-6-7-10(13)11(9)8-4-2-1-3-5-8/h8-9,12H,1-7H2. The van der Waals surface area contributed by atoms with E-state index in [1.165, 1.54) is 19.3 Å². The maximum absolute atomic E-state index is 11.4.